The first-order valence-electron chi connectivity index (χ1n) is 5.65. The van der Waals surface area contributed by atoms with Crippen molar-refractivity contribution >= 4 is 31.3 Å². The van der Waals surface area contributed by atoms with Crippen LogP contribution in [0.2, 0.25) is 0 Å². The smallest absolute Gasteiger partial charge is 0.232 e. The van der Waals surface area contributed by atoms with Gasteiger partial charge in [-0.05, 0) is 18.6 Å². The first kappa shape index (κ1) is 13.4. The zero-order valence-electron chi connectivity index (χ0n) is 9.97. The Morgan fingerprint density at radius 3 is 2.67 bits per heavy atom. The Labute approximate surface area is 111 Å². The third-order valence-corrected chi connectivity index (χ3v) is 4.29. The molecule has 98 valence electrons. The molecule has 18 heavy (non-hydrogen) atoms. The van der Waals surface area contributed by atoms with Gasteiger partial charge in [0, 0.05) is 35.3 Å². The average molecular weight is 288 g/mol. The SMILES string of the molecule is Cc1ccccc1N1CC(CS(=O)(=O)Cl)CC1=O. The van der Waals surface area contributed by atoms with Crippen LogP contribution in [0, 0.1) is 12.8 Å². The molecule has 1 unspecified atom stereocenters. The summed E-state index contributed by atoms with van der Waals surface area (Å²) in [5.41, 5.74) is 1.84. The van der Waals surface area contributed by atoms with Gasteiger partial charge in [-0.25, -0.2) is 8.42 Å². The van der Waals surface area contributed by atoms with Gasteiger partial charge in [-0.1, -0.05) is 18.2 Å². The van der Waals surface area contributed by atoms with E-state index < -0.39 is 9.05 Å². The predicted molar refractivity (Wildman–Crippen MR) is 71.3 cm³/mol. The van der Waals surface area contributed by atoms with Crippen LogP contribution in [-0.2, 0) is 13.8 Å². The number of benzene rings is 1. The van der Waals surface area contributed by atoms with Gasteiger partial charge in [-0.3, -0.25) is 4.79 Å². The van der Waals surface area contributed by atoms with Gasteiger partial charge in [0.05, 0.1) is 5.75 Å². The normalized spacial score (nSPS) is 20.4. The Bertz CT molecular complexity index is 570. The van der Waals surface area contributed by atoms with Crippen LogP contribution in [0.5, 0.6) is 0 Å². The van der Waals surface area contributed by atoms with E-state index in [-0.39, 0.29) is 24.0 Å². The molecule has 1 aliphatic rings. The molecule has 0 saturated carbocycles. The number of carbonyl (C=O) groups is 1. The van der Waals surface area contributed by atoms with E-state index in [4.69, 9.17) is 10.7 Å². The highest BCUT2D eigenvalue weighted by atomic mass is 35.7. The highest BCUT2D eigenvalue weighted by molar-refractivity contribution is 8.13. The topological polar surface area (TPSA) is 54.5 Å². The molecule has 0 aromatic heterocycles. The maximum absolute atomic E-state index is 11.9. The lowest BCUT2D eigenvalue weighted by molar-refractivity contribution is -0.117. The van der Waals surface area contributed by atoms with Crippen LogP contribution in [-0.4, -0.2) is 26.6 Å². The second kappa shape index (κ2) is 4.90. The first-order valence-corrected chi connectivity index (χ1v) is 8.13. The van der Waals surface area contributed by atoms with Crippen LogP contribution in [0.1, 0.15) is 12.0 Å². The monoisotopic (exact) mass is 287 g/mol. The van der Waals surface area contributed by atoms with Crippen LogP contribution in [0.4, 0.5) is 5.69 Å². The molecule has 1 atom stereocenters. The maximum atomic E-state index is 11.9. The largest absolute Gasteiger partial charge is 0.312 e. The van der Waals surface area contributed by atoms with Crippen molar-refractivity contribution in [1.29, 1.82) is 0 Å². The number of amides is 1. The number of rotatable bonds is 3. The number of para-hydroxylation sites is 1. The Morgan fingerprint density at radius 2 is 2.06 bits per heavy atom. The summed E-state index contributed by atoms with van der Waals surface area (Å²) in [5.74, 6) is -0.419. The lowest BCUT2D eigenvalue weighted by atomic mass is 10.1. The van der Waals surface area contributed by atoms with E-state index in [0.29, 0.717) is 6.54 Å². The molecule has 0 N–H and O–H groups in total. The summed E-state index contributed by atoms with van der Waals surface area (Å²) in [5, 5.41) is 0. The van der Waals surface area contributed by atoms with Crippen molar-refractivity contribution < 1.29 is 13.2 Å². The molecule has 1 aliphatic heterocycles. The Kier molecular flexibility index (Phi) is 3.64. The molecule has 1 aromatic rings. The number of anilines is 1. The van der Waals surface area contributed by atoms with Gasteiger partial charge in [-0.2, -0.15) is 0 Å². The van der Waals surface area contributed by atoms with Crippen LogP contribution in [0.3, 0.4) is 0 Å². The van der Waals surface area contributed by atoms with E-state index in [1.165, 1.54) is 0 Å². The maximum Gasteiger partial charge on any atom is 0.232 e. The minimum Gasteiger partial charge on any atom is -0.312 e. The van der Waals surface area contributed by atoms with Crippen molar-refractivity contribution in [2.45, 2.75) is 13.3 Å². The van der Waals surface area contributed by atoms with Crippen molar-refractivity contribution in [3.8, 4) is 0 Å². The van der Waals surface area contributed by atoms with Gasteiger partial charge < -0.3 is 4.90 Å². The molecule has 1 amide bonds. The van der Waals surface area contributed by atoms with E-state index >= 15 is 0 Å². The molecule has 0 radical (unpaired) electrons. The molecular formula is C12H14ClNO3S. The lowest BCUT2D eigenvalue weighted by Gasteiger charge is -2.18. The number of halogens is 1. The number of aryl methyl sites for hydroxylation is 1. The minimum atomic E-state index is -3.55. The Balaban J connectivity index is 2.18. The van der Waals surface area contributed by atoms with Crippen LogP contribution in [0.25, 0.3) is 0 Å². The molecule has 1 fully saturated rings. The minimum absolute atomic E-state index is 0.0467. The quantitative estimate of drug-likeness (QED) is 0.798. The van der Waals surface area contributed by atoms with Gasteiger partial charge in [0.1, 0.15) is 0 Å². The van der Waals surface area contributed by atoms with Gasteiger partial charge >= 0.3 is 0 Å². The zero-order chi connectivity index (χ0) is 13.3. The second-order valence-electron chi connectivity index (χ2n) is 4.57. The highest BCUT2D eigenvalue weighted by Crippen LogP contribution is 2.28. The van der Waals surface area contributed by atoms with Crippen molar-refractivity contribution in [2.24, 2.45) is 5.92 Å². The summed E-state index contributed by atoms with van der Waals surface area (Å²) >= 11 is 0. The van der Waals surface area contributed by atoms with Crippen LogP contribution in [0.15, 0.2) is 24.3 Å². The van der Waals surface area contributed by atoms with Gasteiger partial charge in [-0.15, -0.1) is 0 Å². The zero-order valence-corrected chi connectivity index (χ0v) is 11.5. The van der Waals surface area contributed by atoms with Crippen molar-refractivity contribution in [1.82, 2.24) is 0 Å². The van der Waals surface area contributed by atoms with Crippen molar-refractivity contribution in [3.05, 3.63) is 29.8 Å². The molecule has 0 bridgehead atoms. The van der Waals surface area contributed by atoms with Crippen molar-refractivity contribution in [2.75, 3.05) is 17.2 Å². The standard InChI is InChI=1S/C12H14ClNO3S/c1-9-4-2-3-5-11(9)14-7-10(6-12(14)15)8-18(13,16)17/h2-5,10H,6-8H2,1H3. The molecule has 2 rings (SSSR count). The second-order valence-corrected chi connectivity index (χ2v) is 7.39. The third-order valence-electron chi connectivity index (χ3n) is 3.05. The fraction of sp³-hybridized carbons (Fsp3) is 0.417. The molecule has 4 nitrogen and oxygen atoms in total. The predicted octanol–water partition coefficient (Wildman–Crippen LogP) is 1.92. The van der Waals surface area contributed by atoms with Crippen LogP contribution < -0.4 is 4.90 Å². The third kappa shape index (κ3) is 3.03. The number of hydrogen-bond acceptors (Lipinski definition) is 3. The lowest BCUT2D eigenvalue weighted by Crippen LogP contribution is -2.26. The Hall–Kier alpha value is -1.07. The van der Waals surface area contributed by atoms with E-state index in [1.54, 1.807) is 4.90 Å². The molecule has 0 aliphatic carbocycles. The summed E-state index contributed by atoms with van der Waals surface area (Å²) in [6.07, 6.45) is 0.236. The fourth-order valence-electron chi connectivity index (χ4n) is 2.27. The van der Waals surface area contributed by atoms with E-state index in [2.05, 4.69) is 0 Å². The van der Waals surface area contributed by atoms with Gasteiger partial charge in [0.2, 0.25) is 15.0 Å². The van der Waals surface area contributed by atoms with Gasteiger partial charge in [0.15, 0.2) is 0 Å². The molecule has 1 heterocycles. The highest BCUT2D eigenvalue weighted by Gasteiger charge is 2.33. The number of carbonyl (C=O) groups excluding carboxylic acids is 1. The first-order chi connectivity index (χ1) is 8.37. The molecular weight excluding hydrogens is 274 g/mol. The molecule has 1 aromatic carbocycles. The summed E-state index contributed by atoms with van der Waals surface area (Å²) in [4.78, 5) is 13.6. The number of hydrogen-bond donors (Lipinski definition) is 0. The summed E-state index contributed by atoms with van der Waals surface area (Å²) in [6.45, 7) is 2.34. The number of nitrogens with zero attached hydrogens (tertiary/aromatic N) is 1. The molecule has 0 spiro atoms. The molecule has 6 heteroatoms. The van der Waals surface area contributed by atoms with E-state index in [0.717, 1.165) is 11.3 Å². The summed E-state index contributed by atoms with van der Waals surface area (Å²) in [6, 6.07) is 7.56. The van der Waals surface area contributed by atoms with Crippen LogP contribution >= 0.6 is 10.7 Å². The van der Waals surface area contributed by atoms with E-state index in [9.17, 15) is 13.2 Å². The van der Waals surface area contributed by atoms with E-state index in [1.807, 2.05) is 31.2 Å². The van der Waals surface area contributed by atoms with Crippen molar-refractivity contribution in [3.63, 3.8) is 0 Å². The average Bonchev–Trinajstić information content (AvgIpc) is 2.57. The Morgan fingerprint density at radius 1 is 1.39 bits per heavy atom. The summed E-state index contributed by atoms with van der Waals surface area (Å²) in [7, 11) is 1.67. The van der Waals surface area contributed by atoms with Gasteiger partial charge in [0.25, 0.3) is 0 Å². The fourth-order valence-corrected chi connectivity index (χ4v) is 3.59. The summed E-state index contributed by atoms with van der Waals surface area (Å²) < 4.78 is 22.1. The molecule has 1 saturated heterocycles.